The molecule has 0 spiro atoms. The summed E-state index contributed by atoms with van der Waals surface area (Å²) in [4.78, 5) is 12.0. The molecule has 0 N–H and O–H groups in total. The quantitative estimate of drug-likeness (QED) is 0.466. The maximum atomic E-state index is 12.0. The number of carbonyl (C=O) groups excluding carboxylic acids is 1. The lowest BCUT2D eigenvalue weighted by atomic mass is 9.96. The summed E-state index contributed by atoms with van der Waals surface area (Å²) in [6.45, 7) is 0.113. The Morgan fingerprint density at radius 1 is 0.889 bits per heavy atom. The molecule has 0 amide bonds. The van der Waals surface area contributed by atoms with Crippen molar-refractivity contribution in [2.75, 3.05) is 42.0 Å². The van der Waals surface area contributed by atoms with Crippen LogP contribution in [0.3, 0.4) is 0 Å². The predicted molar refractivity (Wildman–Crippen MR) is 99.2 cm³/mol. The van der Waals surface area contributed by atoms with Gasteiger partial charge < -0.3 is 28.4 Å². The van der Waals surface area contributed by atoms with Gasteiger partial charge in [-0.2, -0.15) is 0 Å². The fourth-order valence-corrected chi connectivity index (χ4v) is 2.57. The summed E-state index contributed by atoms with van der Waals surface area (Å²) in [7, 11) is 6.01. The van der Waals surface area contributed by atoms with E-state index in [0.29, 0.717) is 22.8 Å². The largest absolute Gasteiger partial charge is 0.497 e. The van der Waals surface area contributed by atoms with E-state index in [9.17, 15) is 4.79 Å². The Morgan fingerprint density at radius 3 is 2.30 bits per heavy atom. The van der Waals surface area contributed by atoms with Crippen LogP contribution in [0, 0.1) is 0 Å². The van der Waals surface area contributed by atoms with Gasteiger partial charge >= 0.3 is 5.97 Å². The highest BCUT2D eigenvalue weighted by molar-refractivity contribution is 5.82. The van der Waals surface area contributed by atoms with Crippen molar-refractivity contribution in [1.82, 2.24) is 0 Å². The summed E-state index contributed by atoms with van der Waals surface area (Å²) in [6, 6.07) is 11.0. The van der Waals surface area contributed by atoms with Crippen LogP contribution >= 0.6 is 0 Å². The molecule has 0 heterocycles. The molecular weight excluding hydrogens is 352 g/mol. The highest BCUT2D eigenvalue weighted by atomic mass is 16.7. The Labute approximate surface area is 158 Å². The minimum atomic E-state index is -0.374. The highest BCUT2D eigenvalue weighted by Gasteiger charge is 2.18. The van der Waals surface area contributed by atoms with Crippen LogP contribution in [0.4, 0.5) is 0 Å². The molecule has 0 saturated heterocycles. The molecule has 0 aliphatic heterocycles. The number of hydrogen-bond donors (Lipinski definition) is 0. The maximum Gasteiger partial charge on any atom is 0.310 e. The van der Waals surface area contributed by atoms with Crippen LogP contribution in [0.2, 0.25) is 0 Å². The average molecular weight is 376 g/mol. The van der Waals surface area contributed by atoms with Gasteiger partial charge in [0.2, 0.25) is 0 Å². The van der Waals surface area contributed by atoms with Crippen molar-refractivity contribution in [3.63, 3.8) is 0 Å². The number of hydrogen-bond acceptors (Lipinski definition) is 7. The zero-order chi connectivity index (χ0) is 19.6. The van der Waals surface area contributed by atoms with E-state index in [1.165, 1.54) is 21.3 Å². The molecule has 0 aliphatic rings. The minimum absolute atomic E-state index is 0.0440. The van der Waals surface area contributed by atoms with Crippen molar-refractivity contribution in [2.24, 2.45) is 0 Å². The lowest BCUT2D eigenvalue weighted by molar-refractivity contribution is -0.139. The standard InChI is InChI=1S/C20H24O7/c1-22-12-26-17-9-15(10-19(21)25-4)20(18(11-17)27-13-23-2)14-6-5-7-16(8-14)24-3/h5-9,11H,10,12-13H2,1-4H3. The first-order valence-electron chi connectivity index (χ1n) is 8.24. The minimum Gasteiger partial charge on any atom is -0.497 e. The van der Waals surface area contributed by atoms with E-state index in [0.717, 1.165) is 11.1 Å². The van der Waals surface area contributed by atoms with Crippen LogP contribution < -0.4 is 14.2 Å². The van der Waals surface area contributed by atoms with Gasteiger partial charge in [-0.3, -0.25) is 4.79 Å². The van der Waals surface area contributed by atoms with Gasteiger partial charge in [-0.1, -0.05) is 12.1 Å². The predicted octanol–water partition coefficient (Wildman–Crippen LogP) is 3.04. The van der Waals surface area contributed by atoms with E-state index < -0.39 is 0 Å². The number of esters is 1. The SMILES string of the molecule is COCOc1cc(CC(=O)OC)c(-c2cccc(OC)c2)c(OCOC)c1. The molecule has 0 bridgehead atoms. The Balaban J connectivity index is 2.60. The molecule has 0 radical (unpaired) electrons. The molecular formula is C20H24O7. The van der Waals surface area contributed by atoms with Gasteiger partial charge in [0.1, 0.15) is 17.2 Å². The second kappa shape index (κ2) is 10.4. The summed E-state index contributed by atoms with van der Waals surface area (Å²) in [5.41, 5.74) is 2.26. The van der Waals surface area contributed by atoms with E-state index in [4.69, 9.17) is 28.4 Å². The molecule has 0 aromatic heterocycles. The normalized spacial score (nSPS) is 10.4. The third kappa shape index (κ3) is 5.60. The van der Waals surface area contributed by atoms with Gasteiger partial charge in [0, 0.05) is 25.8 Å². The van der Waals surface area contributed by atoms with E-state index in [1.807, 2.05) is 24.3 Å². The summed E-state index contributed by atoms with van der Waals surface area (Å²) >= 11 is 0. The van der Waals surface area contributed by atoms with Crippen LogP contribution in [0.15, 0.2) is 36.4 Å². The summed E-state index contributed by atoms with van der Waals surface area (Å²) in [5, 5.41) is 0. The fraction of sp³-hybridized carbons (Fsp3) is 0.350. The van der Waals surface area contributed by atoms with E-state index >= 15 is 0 Å². The molecule has 146 valence electrons. The maximum absolute atomic E-state index is 12.0. The Morgan fingerprint density at radius 2 is 1.63 bits per heavy atom. The average Bonchev–Trinajstić information content (AvgIpc) is 2.70. The van der Waals surface area contributed by atoms with Crippen LogP contribution in [-0.2, 0) is 25.4 Å². The zero-order valence-corrected chi connectivity index (χ0v) is 15.9. The van der Waals surface area contributed by atoms with E-state index in [-0.39, 0.29) is 26.0 Å². The Bertz CT molecular complexity index is 758. The zero-order valence-electron chi connectivity index (χ0n) is 15.9. The molecule has 0 fully saturated rings. The highest BCUT2D eigenvalue weighted by Crippen LogP contribution is 2.39. The van der Waals surface area contributed by atoms with Gasteiger partial charge in [-0.15, -0.1) is 0 Å². The summed E-state index contributed by atoms with van der Waals surface area (Å²) in [5.74, 6) is 1.33. The van der Waals surface area contributed by atoms with Crippen LogP contribution in [0.25, 0.3) is 11.1 Å². The third-order valence-corrected chi connectivity index (χ3v) is 3.75. The smallest absolute Gasteiger partial charge is 0.310 e. The number of ether oxygens (including phenoxy) is 6. The van der Waals surface area contributed by atoms with Crippen molar-refractivity contribution >= 4 is 5.97 Å². The lowest BCUT2D eigenvalue weighted by Gasteiger charge is -2.18. The van der Waals surface area contributed by atoms with Gasteiger partial charge in [0.25, 0.3) is 0 Å². The van der Waals surface area contributed by atoms with E-state index in [2.05, 4.69) is 0 Å². The van der Waals surface area contributed by atoms with E-state index in [1.54, 1.807) is 19.2 Å². The molecule has 0 aliphatic carbocycles. The van der Waals surface area contributed by atoms with Gasteiger partial charge in [-0.05, 0) is 29.3 Å². The van der Waals surface area contributed by atoms with Gasteiger partial charge in [-0.25, -0.2) is 0 Å². The summed E-state index contributed by atoms with van der Waals surface area (Å²) < 4.78 is 31.5. The third-order valence-electron chi connectivity index (χ3n) is 3.75. The fourth-order valence-electron chi connectivity index (χ4n) is 2.57. The number of carbonyl (C=O) groups is 1. The molecule has 0 atom stereocenters. The van der Waals surface area contributed by atoms with Gasteiger partial charge in [0.15, 0.2) is 13.6 Å². The molecule has 0 saturated carbocycles. The number of rotatable bonds is 10. The van der Waals surface area contributed by atoms with Crippen LogP contribution in [0.5, 0.6) is 17.2 Å². The van der Waals surface area contributed by atoms with Crippen molar-refractivity contribution in [1.29, 1.82) is 0 Å². The topological polar surface area (TPSA) is 72.5 Å². The molecule has 7 heteroatoms. The second-order valence-corrected chi connectivity index (χ2v) is 5.54. The molecule has 0 unspecified atom stereocenters. The number of methoxy groups -OCH3 is 4. The van der Waals surface area contributed by atoms with Crippen molar-refractivity contribution in [3.8, 4) is 28.4 Å². The molecule has 2 aromatic carbocycles. The van der Waals surface area contributed by atoms with Crippen molar-refractivity contribution in [2.45, 2.75) is 6.42 Å². The molecule has 2 aromatic rings. The first kappa shape index (κ1) is 20.5. The monoisotopic (exact) mass is 376 g/mol. The Kier molecular flexibility index (Phi) is 7.91. The van der Waals surface area contributed by atoms with Gasteiger partial charge in [0.05, 0.1) is 20.6 Å². The Hall–Kier alpha value is -2.77. The van der Waals surface area contributed by atoms with Crippen molar-refractivity contribution < 1.29 is 33.2 Å². The molecule has 7 nitrogen and oxygen atoms in total. The summed E-state index contributed by atoms with van der Waals surface area (Å²) in [6.07, 6.45) is 0.0522. The lowest BCUT2D eigenvalue weighted by Crippen LogP contribution is -2.09. The molecule has 27 heavy (non-hydrogen) atoms. The van der Waals surface area contributed by atoms with Crippen molar-refractivity contribution in [3.05, 3.63) is 42.0 Å². The second-order valence-electron chi connectivity index (χ2n) is 5.54. The van der Waals surface area contributed by atoms with Crippen LogP contribution in [-0.4, -0.2) is 48.0 Å². The molecule has 2 rings (SSSR count). The van der Waals surface area contributed by atoms with Crippen LogP contribution in [0.1, 0.15) is 5.56 Å². The first-order chi connectivity index (χ1) is 13.1. The first-order valence-corrected chi connectivity index (χ1v) is 8.24. The number of benzene rings is 2.